The maximum atomic E-state index is 2.39. The van der Waals surface area contributed by atoms with Gasteiger partial charge in [0, 0.05) is 0 Å². The summed E-state index contributed by atoms with van der Waals surface area (Å²) in [6, 6.07) is 0. The normalized spacial score (nSPS) is 12.0. The van der Waals surface area contributed by atoms with Crippen LogP contribution in [0.25, 0.3) is 0 Å². The molecule has 0 aromatic carbocycles. The van der Waals surface area contributed by atoms with Gasteiger partial charge in [0.05, 0.1) is 12.1 Å². The highest BCUT2D eigenvalue weighted by atomic mass is 15.0. The lowest BCUT2D eigenvalue weighted by Crippen LogP contribution is -3.00. The predicted octanol–water partition coefficient (Wildman–Crippen LogP) is -1.07. The van der Waals surface area contributed by atoms with Crippen LogP contribution in [0.1, 0.15) is 27.7 Å². The van der Waals surface area contributed by atoms with Gasteiger partial charge in [0.2, 0.25) is 0 Å². The van der Waals surface area contributed by atoms with Gasteiger partial charge in [0.25, 0.3) is 0 Å². The van der Waals surface area contributed by atoms with E-state index < -0.39 is 0 Å². The summed E-state index contributed by atoms with van der Waals surface area (Å²) in [6.45, 7) is 12.6. The van der Waals surface area contributed by atoms with Crippen molar-refractivity contribution in [3.63, 3.8) is 0 Å². The molecule has 0 spiro atoms. The molecule has 4 N–H and O–H groups in total. The summed E-state index contributed by atoms with van der Waals surface area (Å²) in [5, 5.41) is 4.72. The average molecular weight is 146 g/mol. The highest BCUT2D eigenvalue weighted by Gasteiger charge is 2.11. The molecule has 2 heteroatoms. The molecule has 0 atom stereocenters. The van der Waals surface area contributed by atoms with Crippen LogP contribution in [0.4, 0.5) is 0 Å². The Hall–Kier alpha value is -0.0800. The van der Waals surface area contributed by atoms with Crippen LogP contribution in [-0.2, 0) is 0 Å². The van der Waals surface area contributed by atoms with E-state index in [1.165, 1.54) is 19.6 Å². The predicted molar refractivity (Wildman–Crippen MR) is 43.9 cm³/mol. The molecule has 0 heterocycles. The van der Waals surface area contributed by atoms with E-state index in [0.29, 0.717) is 5.54 Å². The average Bonchev–Trinajstić information content (AvgIpc) is 1.78. The second kappa shape index (κ2) is 4.69. The Morgan fingerprint density at radius 2 is 1.70 bits per heavy atom. The molecule has 0 aliphatic carbocycles. The van der Waals surface area contributed by atoms with E-state index in [0.717, 1.165) is 0 Å². The first-order chi connectivity index (χ1) is 4.56. The van der Waals surface area contributed by atoms with Crippen LogP contribution in [0, 0.1) is 0 Å². The quantitative estimate of drug-likeness (QED) is 0.474. The van der Waals surface area contributed by atoms with Crippen LogP contribution in [0.2, 0.25) is 0 Å². The SMILES string of the molecule is CC[NH2+]CC[NH2+]C(C)(C)C. The molecule has 62 valence electrons. The van der Waals surface area contributed by atoms with E-state index in [1.54, 1.807) is 0 Å². The van der Waals surface area contributed by atoms with Crippen LogP contribution in [0.5, 0.6) is 0 Å². The standard InChI is InChI=1S/C8H20N2/c1-5-9-6-7-10-8(2,3)4/h9-10H,5-7H2,1-4H3/p+2. The third-order valence-electron chi connectivity index (χ3n) is 1.42. The first-order valence-corrected chi connectivity index (χ1v) is 4.22. The van der Waals surface area contributed by atoms with E-state index in [9.17, 15) is 0 Å². The Morgan fingerprint density at radius 3 is 2.10 bits per heavy atom. The molecule has 10 heavy (non-hydrogen) atoms. The minimum atomic E-state index is 0.404. The third kappa shape index (κ3) is 7.92. The Kier molecular flexibility index (Phi) is 4.65. The maximum Gasteiger partial charge on any atom is 0.126 e. The summed E-state index contributed by atoms with van der Waals surface area (Å²) in [5.74, 6) is 0. The van der Waals surface area contributed by atoms with Crippen molar-refractivity contribution in [3.05, 3.63) is 0 Å². The zero-order valence-electron chi connectivity index (χ0n) is 7.78. The van der Waals surface area contributed by atoms with Gasteiger partial charge in [-0.25, -0.2) is 0 Å². The van der Waals surface area contributed by atoms with Crippen LogP contribution in [-0.4, -0.2) is 25.2 Å². The topological polar surface area (TPSA) is 33.2 Å². The van der Waals surface area contributed by atoms with Crippen LogP contribution >= 0.6 is 0 Å². The summed E-state index contributed by atoms with van der Waals surface area (Å²) < 4.78 is 0. The molecule has 0 saturated heterocycles. The van der Waals surface area contributed by atoms with Gasteiger partial charge in [-0.3, -0.25) is 0 Å². The van der Waals surface area contributed by atoms with Crippen LogP contribution in [0.15, 0.2) is 0 Å². The number of likely N-dealkylation sites (N-methyl/N-ethyl adjacent to an activating group) is 1. The first kappa shape index (κ1) is 9.92. The molecular formula is C8H22N2+2. The van der Waals surface area contributed by atoms with Crippen molar-refractivity contribution in [3.8, 4) is 0 Å². The molecular weight excluding hydrogens is 124 g/mol. The summed E-state index contributed by atoms with van der Waals surface area (Å²) in [6.07, 6.45) is 0. The van der Waals surface area contributed by atoms with E-state index in [1.807, 2.05) is 0 Å². The summed E-state index contributed by atoms with van der Waals surface area (Å²) in [5.41, 5.74) is 0.404. The van der Waals surface area contributed by atoms with E-state index >= 15 is 0 Å². The van der Waals surface area contributed by atoms with Crippen molar-refractivity contribution in [1.82, 2.24) is 0 Å². The van der Waals surface area contributed by atoms with Gasteiger partial charge in [-0.05, 0) is 27.7 Å². The van der Waals surface area contributed by atoms with Gasteiger partial charge in [-0.15, -0.1) is 0 Å². The van der Waals surface area contributed by atoms with Crippen LogP contribution < -0.4 is 10.6 Å². The molecule has 0 radical (unpaired) electrons. The highest BCUT2D eigenvalue weighted by molar-refractivity contribution is 4.51. The number of quaternary nitrogens is 2. The summed E-state index contributed by atoms with van der Waals surface area (Å²) in [4.78, 5) is 0. The van der Waals surface area contributed by atoms with Crippen molar-refractivity contribution >= 4 is 0 Å². The Morgan fingerprint density at radius 1 is 1.10 bits per heavy atom. The molecule has 0 unspecified atom stereocenters. The highest BCUT2D eigenvalue weighted by Crippen LogP contribution is 1.86. The fourth-order valence-corrected chi connectivity index (χ4v) is 0.838. The number of nitrogens with two attached hydrogens (primary N) is 2. The molecule has 0 bridgehead atoms. The van der Waals surface area contributed by atoms with Crippen molar-refractivity contribution in [1.29, 1.82) is 0 Å². The Labute approximate surface area is 64.4 Å². The fraction of sp³-hybridized carbons (Fsp3) is 1.00. The van der Waals surface area contributed by atoms with Gasteiger partial charge in [0.1, 0.15) is 13.1 Å². The Bertz CT molecular complexity index is 73.8. The monoisotopic (exact) mass is 146 g/mol. The molecule has 0 aromatic heterocycles. The number of hydrogen-bond acceptors (Lipinski definition) is 0. The molecule has 0 amide bonds. The smallest absolute Gasteiger partial charge is 0.126 e. The lowest BCUT2D eigenvalue weighted by atomic mass is 10.1. The Balaban J connectivity index is 3.04. The molecule has 0 aliphatic heterocycles. The van der Waals surface area contributed by atoms with Crippen molar-refractivity contribution < 1.29 is 10.6 Å². The minimum absolute atomic E-state index is 0.404. The lowest BCUT2D eigenvalue weighted by molar-refractivity contribution is -0.757. The summed E-state index contributed by atoms with van der Waals surface area (Å²) in [7, 11) is 0. The number of hydrogen-bond donors (Lipinski definition) is 2. The zero-order chi connectivity index (χ0) is 8.04. The molecule has 2 nitrogen and oxygen atoms in total. The fourth-order valence-electron chi connectivity index (χ4n) is 0.838. The van der Waals surface area contributed by atoms with Crippen LogP contribution in [0.3, 0.4) is 0 Å². The van der Waals surface area contributed by atoms with Crippen molar-refractivity contribution in [2.75, 3.05) is 19.6 Å². The van der Waals surface area contributed by atoms with Gasteiger partial charge < -0.3 is 10.6 Å². The molecule has 0 rings (SSSR count). The third-order valence-corrected chi connectivity index (χ3v) is 1.42. The van der Waals surface area contributed by atoms with Gasteiger partial charge >= 0.3 is 0 Å². The zero-order valence-corrected chi connectivity index (χ0v) is 7.78. The van der Waals surface area contributed by atoms with Gasteiger partial charge in [0.15, 0.2) is 0 Å². The van der Waals surface area contributed by atoms with E-state index in [2.05, 4.69) is 38.3 Å². The largest absolute Gasteiger partial charge is 0.342 e. The summed E-state index contributed by atoms with van der Waals surface area (Å²) >= 11 is 0. The molecule has 0 saturated carbocycles. The van der Waals surface area contributed by atoms with Gasteiger partial charge in [-0.1, -0.05) is 0 Å². The number of rotatable bonds is 4. The van der Waals surface area contributed by atoms with Gasteiger partial charge in [-0.2, -0.15) is 0 Å². The maximum absolute atomic E-state index is 2.39. The molecule has 0 aromatic rings. The van der Waals surface area contributed by atoms with E-state index in [-0.39, 0.29) is 0 Å². The minimum Gasteiger partial charge on any atom is -0.342 e. The molecule has 0 fully saturated rings. The van der Waals surface area contributed by atoms with E-state index in [4.69, 9.17) is 0 Å². The second-order valence-corrected chi connectivity index (χ2v) is 3.84. The lowest BCUT2D eigenvalue weighted by Gasteiger charge is -2.15. The van der Waals surface area contributed by atoms with Crippen molar-refractivity contribution in [2.45, 2.75) is 33.2 Å². The second-order valence-electron chi connectivity index (χ2n) is 3.84. The first-order valence-electron chi connectivity index (χ1n) is 4.22. The van der Waals surface area contributed by atoms with Crippen molar-refractivity contribution in [2.24, 2.45) is 0 Å². The molecule has 0 aliphatic rings.